The van der Waals surface area contributed by atoms with Crippen LogP contribution in [0.2, 0.25) is 0 Å². The van der Waals surface area contributed by atoms with Crippen molar-refractivity contribution < 1.29 is 9.47 Å². The Balaban J connectivity index is 1.77. The first-order chi connectivity index (χ1) is 8.40. The monoisotopic (exact) mass is 236 g/mol. The SMILES string of the molecule is COc1ccccc1NCCC1CNCCO1. The number of anilines is 1. The van der Waals surface area contributed by atoms with Gasteiger partial charge >= 0.3 is 0 Å². The van der Waals surface area contributed by atoms with E-state index in [1.807, 2.05) is 24.3 Å². The van der Waals surface area contributed by atoms with Gasteiger partial charge in [-0.2, -0.15) is 0 Å². The van der Waals surface area contributed by atoms with Gasteiger partial charge in [0.25, 0.3) is 0 Å². The smallest absolute Gasteiger partial charge is 0.141 e. The van der Waals surface area contributed by atoms with Crippen molar-refractivity contribution in [3.05, 3.63) is 24.3 Å². The van der Waals surface area contributed by atoms with Crippen molar-refractivity contribution in [1.29, 1.82) is 0 Å². The molecule has 0 radical (unpaired) electrons. The van der Waals surface area contributed by atoms with Crippen LogP contribution in [0.1, 0.15) is 6.42 Å². The molecule has 0 spiro atoms. The third kappa shape index (κ3) is 3.61. The summed E-state index contributed by atoms with van der Waals surface area (Å²) in [6, 6.07) is 7.96. The molecule has 0 amide bonds. The number of hydrogen-bond donors (Lipinski definition) is 2. The zero-order valence-electron chi connectivity index (χ0n) is 10.2. The number of hydrogen-bond acceptors (Lipinski definition) is 4. The molecule has 1 aliphatic rings. The first-order valence-electron chi connectivity index (χ1n) is 6.09. The maximum atomic E-state index is 5.64. The van der Waals surface area contributed by atoms with Gasteiger partial charge in [-0.1, -0.05) is 12.1 Å². The number of ether oxygens (including phenoxy) is 2. The van der Waals surface area contributed by atoms with Crippen molar-refractivity contribution in [1.82, 2.24) is 5.32 Å². The molecule has 0 aliphatic carbocycles. The Morgan fingerprint density at radius 2 is 2.35 bits per heavy atom. The third-order valence-electron chi connectivity index (χ3n) is 2.89. The number of methoxy groups -OCH3 is 1. The Bertz CT molecular complexity index is 338. The molecular weight excluding hydrogens is 216 g/mol. The molecule has 4 heteroatoms. The predicted molar refractivity (Wildman–Crippen MR) is 68.7 cm³/mol. The largest absolute Gasteiger partial charge is 0.495 e. The van der Waals surface area contributed by atoms with E-state index in [-0.39, 0.29) is 0 Å². The van der Waals surface area contributed by atoms with Crippen molar-refractivity contribution in [3.8, 4) is 5.75 Å². The maximum Gasteiger partial charge on any atom is 0.141 e. The highest BCUT2D eigenvalue weighted by Crippen LogP contribution is 2.22. The van der Waals surface area contributed by atoms with E-state index in [2.05, 4.69) is 10.6 Å². The summed E-state index contributed by atoms with van der Waals surface area (Å²) in [6.45, 7) is 3.64. The normalized spacial score (nSPS) is 19.9. The number of rotatable bonds is 5. The summed E-state index contributed by atoms with van der Waals surface area (Å²) in [4.78, 5) is 0. The standard InChI is InChI=1S/C13H20N2O2/c1-16-13-5-3-2-4-12(13)15-7-6-11-10-14-8-9-17-11/h2-5,11,14-15H,6-10H2,1H3. The molecule has 0 aromatic heterocycles. The summed E-state index contributed by atoms with van der Waals surface area (Å²) in [7, 11) is 1.69. The lowest BCUT2D eigenvalue weighted by Crippen LogP contribution is -2.39. The van der Waals surface area contributed by atoms with Gasteiger partial charge < -0.3 is 20.1 Å². The van der Waals surface area contributed by atoms with Gasteiger partial charge in [0, 0.05) is 19.6 Å². The van der Waals surface area contributed by atoms with Crippen LogP contribution in [0, 0.1) is 0 Å². The van der Waals surface area contributed by atoms with Crippen LogP contribution in [0.3, 0.4) is 0 Å². The van der Waals surface area contributed by atoms with Crippen LogP contribution in [0.25, 0.3) is 0 Å². The van der Waals surface area contributed by atoms with E-state index in [1.165, 1.54) is 0 Å². The quantitative estimate of drug-likeness (QED) is 0.813. The highest BCUT2D eigenvalue weighted by Gasteiger charge is 2.12. The average Bonchev–Trinajstić information content (AvgIpc) is 2.40. The molecule has 0 saturated carbocycles. The van der Waals surface area contributed by atoms with Gasteiger partial charge in [-0.3, -0.25) is 0 Å². The summed E-state index contributed by atoms with van der Waals surface area (Å²) >= 11 is 0. The number of benzene rings is 1. The fraction of sp³-hybridized carbons (Fsp3) is 0.538. The van der Waals surface area contributed by atoms with E-state index in [0.29, 0.717) is 6.10 Å². The summed E-state index contributed by atoms with van der Waals surface area (Å²) in [5.41, 5.74) is 1.04. The summed E-state index contributed by atoms with van der Waals surface area (Å²) in [5.74, 6) is 0.884. The Kier molecular flexibility index (Phi) is 4.64. The highest BCUT2D eigenvalue weighted by atomic mass is 16.5. The van der Waals surface area contributed by atoms with Gasteiger partial charge in [-0.25, -0.2) is 0 Å². The second-order valence-electron chi connectivity index (χ2n) is 4.11. The van der Waals surface area contributed by atoms with Crippen LogP contribution in [0.4, 0.5) is 5.69 Å². The predicted octanol–water partition coefficient (Wildman–Crippen LogP) is 1.49. The van der Waals surface area contributed by atoms with E-state index in [0.717, 1.165) is 44.1 Å². The summed E-state index contributed by atoms with van der Waals surface area (Å²) in [6.07, 6.45) is 1.33. The lowest BCUT2D eigenvalue weighted by Gasteiger charge is -2.23. The lowest BCUT2D eigenvalue weighted by molar-refractivity contribution is 0.0258. The Hall–Kier alpha value is -1.26. The molecule has 1 fully saturated rings. The first kappa shape index (κ1) is 12.2. The van der Waals surface area contributed by atoms with Crippen molar-refractivity contribution in [2.75, 3.05) is 38.7 Å². The molecule has 2 rings (SSSR count). The first-order valence-corrected chi connectivity index (χ1v) is 6.09. The maximum absolute atomic E-state index is 5.64. The van der Waals surface area contributed by atoms with Crippen molar-refractivity contribution in [3.63, 3.8) is 0 Å². The lowest BCUT2D eigenvalue weighted by atomic mass is 10.2. The van der Waals surface area contributed by atoms with Gasteiger partial charge in [0.05, 0.1) is 25.5 Å². The van der Waals surface area contributed by atoms with E-state index < -0.39 is 0 Å². The van der Waals surface area contributed by atoms with Crippen LogP contribution in [0.5, 0.6) is 5.75 Å². The van der Waals surface area contributed by atoms with Crippen molar-refractivity contribution >= 4 is 5.69 Å². The van der Waals surface area contributed by atoms with Gasteiger partial charge in [0.2, 0.25) is 0 Å². The van der Waals surface area contributed by atoms with Crippen LogP contribution >= 0.6 is 0 Å². The third-order valence-corrected chi connectivity index (χ3v) is 2.89. The van der Waals surface area contributed by atoms with Crippen LogP contribution < -0.4 is 15.4 Å². The second-order valence-corrected chi connectivity index (χ2v) is 4.11. The van der Waals surface area contributed by atoms with Crippen LogP contribution in [0.15, 0.2) is 24.3 Å². The van der Waals surface area contributed by atoms with Crippen molar-refractivity contribution in [2.24, 2.45) is 0 Å². The Morgan fingerprint density at radius 1 is 1.47 bits per heavy atom. The minimum atomic E-state index is 0.325. The molecule has 1 heterocycles. The topological polar surface area (TPSA) is 42.5 Å². The highest BCUT2D eigenvalue weighted by molar-refractivity contribution is 5.55. The minimum Gasteiger partial charge on any atom is -0.495 e. The van der Waals surface area contributed by atoms with Gasteiger partial charge in [-0.15, -0.1) is 0 Å². The zero-order valence-corrected chi connectivity index (χ0v) is 10.2. The van der Waals surface area contributed by atoms with Crippen LogP contribution in [-0.2, 0) is 4.74 Å². The molecule has 0 bridgehead atoms. The van der Waals surface area contributed by atoms with E-state index >= 15 is 0 Å². The molecule has 2 N–H and O–H groups in total. The molecule has 1 aliphatic heterocycles. The molecule has 1 aromatic rings. The zero-order chi connectivity index (χ0) is 11.9. The van der Waals surface area contributed by atoms with Crippen molar-refractivity contribution in [2.45, 2.75) is 12.5 Å². The second kappa shape index (κ2) is 6.47. The van der Waals surface area contributed by atoms with Crippen LogP contribution in [-0.4, -0.2) is 39.5 Å². The molecule has 1 saturated heterocycles. The molecule has 1 unspecified atom stereocenters. The molecule has 1 atom stereocenters. The Morgan fingerprint density at radius 3 is 3.12 bits per heavy atom. The number of para-hydroxylation sites is 2. The summed E-state index contributed by atoms with van der Waals surface area (Å²) in [5, 5.41) is 6.71. The Labute approximate surface area is 102 Å². The fourth-order valence-electron chi connectivity index (χ4n) is 1.96. The van der Waals surface area contributed by atoms with Gasteiger partial charge in [-0.05, 0) is 18.6 Å². The molecule has 94 valence electrons. The van der Waals surface area contributed by atoms with E-state index in [9.17, 15) is 0 Å². The van der Waals surface area contributed by atoms with E-state index in [1.54, 1.807) is 7.11 Å². The van der Waals surface area contributed by atoms with Gasteiger partial charge in [0.15, 0.2) is 0 Å². The molecular formula is C13H20N2O2. The fourth-order valence-corrected chi connectivity index (χ4v) is 1.96. The van der Waals surface area contributed by atoms with E-state index in [4.69, 9.17) is 9.47 Å². The molecule has 4 nitrogen and oxygen atoms in total. The molecule has 1 aromatic carbocycles. The molecule has 17 heavy (non-hydrogen) atoms. The van der Waals surface area contributed by atoms with Gasteiger partial charge in [0.1, 0.15) is 5.75 Å². The minimum absolute atomic E-state index is 0.325. The average molecular weight is 236 g/mol. The number of nitrogens with one attached hydrogen (secondary N) is 2. The number of morpholine rings is 1. The summed E-state index contributed by atoms with van der Waals surface area (Å²) < 4.78 is 10.9.